The molecule has 1 aromatic heterocycles. The Morgan fingerprint density at radius 1 is 1.70 bits per heavy atom. The van der Waals surface area contributed by atoms with E-state index in [1.54, 1.807) is 14.0 Å². The molecule has 0 bridgehead atoms. The first-order valence-electron chi connectivity index (χ1n) is 6.15. The number of nitrogens with one attached hydrogen (secondary N) is 1. The fourth-order valence-corrected chi connectivity index (χ4v) is 2.53. The average Bonchev–Trinajstić information content (AvgIpc) is 2.89. The van der Waals surface area contributed by atoms with Crippen molar-refractivity contribution in [1.82, 2.24) is 4.98 Å². The number of halogens is 1. The summed E-state index contributed by atoms with van der Waals surface area (Å²) in [5, 5.41) is 14.0. The molecule has 1 fully saturated rings. The van der Waals surface area contributed by atoms with E-state index in [4.69, 9.17) is 9.47 Å². The van der Waals surface area contributed by atoms with Crippen LogP contribution >= 0.6 is 15.9 Å². The summed E-state index contributed by atoms with van der Waals surface area (Å²) in [5.41, 5.74) is 0.172. The predicted octanol–water partition coefficient (Wildman–Crippen LogP) is 2.28. The summed E-state index contributed by atoms with van der Waals surface area (Å²) in [7, 11) is 1.65. The number of pyridine rings is 1. The smallest absolute Gasteiger partial charge is 0.291 e. The zero-order valence-corrected chi connectivity index (χ0v) is 12.9. The van der Waals surface area contributed by atoms with Gasteiger partial charge in [0.1, 0.15) is 17.6 Å². The maximum atomic E-state index is 10.8. The molecule has 2 heterocycles. The number of aromatic nitrogens is 1. The highest BCUT2D eigenvalue weighted by Gasteiger charge is 2.35. The number of anilines is 1. The van der Waals surface area contributed by atoms with Gasteiger partial charge in [0.15, 0.2) is 0 Å². The van der Waals surface area contributed by atoms with Crippen molar-refractivity contribution >= 4 is 27.4 Å². The SMILES string of the molecule is COC1(CNc2ncc([N+](=O)[O-])c(C)c2Br)CCOC1. The Bertz CT molecular complexity index is 518. The van der Waals surface area contributed by atoms with Gasteiger partial charge in [0.2, 0.25) is 0 Å². The largest absolute Gasteiger partial charge is 0.378 e. The normalized spacial score (nSPS) is 21.9. The van der Waals surface area contributed by atoms with E-state index in [1.165, 1.54) is 6.20 Å². The predicted molar refractivity (Wildman–Crippen MR) is 77.0 cm³/mol. The van der Waals surface area contributed by atoms with Gasteiger partial charge in [-0.2, -0.15) is 0 Å². The second kappa shape index (κ2) is 6.02. The van der Waals surface area contributed by atoms with Crippen molar-refractivity contribution in [3.8, 4) is 0 Å². The molecule has 110 valence electrons. The lowest BCUT2D eigenvalue weighted by Gasteiger charge is -2.26. The molecule has 1 saturated heterocycles. The maximum absolute atomic E-state index is 10.8. The van der Waals surface area contributed by atoms with Gasteiger partial charge in [0, 0.05) is 32.2 Å². The van der Waals surface area contributed by atoms with Crippen LogP contribution in [-0.4, -0.2) is 42.4 Å². The third-order valence-electron chi connectivity index (χ3n) is 3.51. The molecule has 0 aliphatic carbocycles. The van der Waals surface area contributed by atoms with Gasteiger partial charge in [0.25, 0.3) is 5.69 Å². The number of hydrogen-bond acceptors (Lipinski definition) is 6. The highest BCUT2D eigenvalue weighted by atomic mass is 79.9. The van der Waals surface area contributed by atoms with Crippen LogP contribution in [-0.2, 0) is 9.47 Å². The molecule has 1 atom stereocenters. The molecule has 7 nitrogen and oxygen atoms in total. The summed E-state index contributed by atoms with van der Waals surface area (Å²) in [6.45, 7) is 3.41. The quantitative estimate of drug-likeness (QED) is 0.650. The standard InChI is InChI=1S/C12H16BrN3O4/c1-8-9(16(17)18)5-14-11(10(8)13)15-6-12(19-2)3-4-20-7-12/h5H,3-4,6-7H2,1-2H3,(H,14,15). The fraction of sp³-hybridized carbons (Fsp3) is 0.583. The number of hydrogen-bond donors (Lipinski definition) is 1. The Hall–Kier alpha value is -1.25. The van der Waals surface area contributed by atoms with Crippen molar-refractivity contribution < 1.29 is 14.4 Å². The van der Waals surface area contributed by atoms with Crippen LogP contribution in [0.15, 0.2) is 10.7 Å². The second-order valence-corrected chi connectivity index (χ2v) is 5.52. The molecule has 20 heavy (non-hydrogen) atoms. The molecule has 0 amide bonds. The molecule has 0 aromatic carbocycles. The van der Waals surface area contributed by atoms with Crippen molar-refractivity contribution in [1.29, 1.82) is 0 Å². The zero-order valence-electron chi connectivity index (χ0n) is 11.3. The lowest BCUT2D eigenvalue weighted by molar-refractivity contribution is -0.385. The van der Waals surface area contributed by atoms with E-state index in [2.05, 4.69) is 26.2 Å². The first-order valence-corrected chi connectivity index (χ1v) is 6.95. The van der Waals surface area contributed by atoms with E-state index in [0.717, 1.165) is 6.42 Å². The molecule has 1 aliphatic heterocycles. The Labute approximate surface area is 124 Å². The molecule has 1 aliphatic rings. The minimum atomic E-state index is -0.446. The van der Waals surface area contributed by atoms with Crippen molar-refractivity contribution in [3.05, 3.63) is 26.3 Å². The lowest BCUT2D eigenvalue weighted by Crippen LogP contribution is -2.39. The van der Waals surface area contributed by atoms with Gasteiger partial charge >= 0.3 is 0 Å². The molecule has 0 spiro atoms. The topological polar surface area (TPSA) is 86.5 Å². The van der Waals surface area contributed by atoms with E-state index >= 15 is 0 Å². The zero-order chi connectivity index (χ0) is 14.8. The average molecular weight is 346 g/mol. The highest BCUT2D eigenvalue weighted by Crippen LogP contribution is 2.31. The Balaban J connectivity index is 2.14. The number of nitro groups is 1. The molecular formula is C12H16BrN3O4. The molecule has 0 saturated carbocycles. The van der Waals surface area contributed by atoms with Crippen LogP contribution in [0, 0.1) is 17.0 Å². The van der Waals surface area contributed by atoms with Crippen LogP contribution in [0.4, 0.5) is 11.5 Å². The summed E-state index contributed by atoms with van der Waals surface area (Å²) in [5.74, 6) is 0.566. The van der Waals surface area contributed by atoms with E-state index in [1.807, 2.05) is 0 Å². The van der Waals surface area contributed by atoms with E-state index in [9.17, 15) is 10.1 Å². The van der Waals surface area contributed by atoms with Crippen LogP contribution < -0.4 is 5.32 Å². The number of rotatable bonds is 5. The second-order valence-electron chi connectivity index (χ2n) is 4.73. The van der Waals surface area contributed by atoms with Crippen molar-refractivity contribution in [2.24, 2.45) is 0 Å². The fourth-order valence-electron chi connectivity index (χ4n) is 2.08. The van der Waals surface area contributed by atoms with Gasteiger partial charge in [-0.05, 0) is 22.9 Å². The third-order valence-corrected chi connectivity index (χ3v) is 4.48. The van der Waals surface area contributed by atoms with Crippen LogP contribution in [0.5, 0.6) is 0 Å². The van der Waals surface area contributed by atoms with Crippen LogP contribution in [0.2, 0.25) is 0 Å². The molecule has 0 radical (unpaired) electrons. The number of methoxy groups -OCH3 is 1. The minimum Gasteiger partial charge on any atom is -0.378 e. The van der Waals surface area contributed by atoms with Gasteiger partial charge in [-0.25, -0.2) is 4.98 Å². The van der Waals surface area contributed by atoms with Crippen LogP contribution in [0.3, 0.4) is 0 Å². The molecule has 8 heteroatoms. The summed E-state index contributed by atoms with van der Waals surface area (Å²) >= 11 is 3.35. The van der Waals surface area contributed by atoms with Gasteiger partial charge in [0.05, 0.1) is 16.0 Å². The first kappa shape index (κ1) is 15.1. The lowest BCUT2D eigenvalue weighted by atomic mass is 10.0. The van der Waals surface area contributed by atoms with Crippen molar-refractivity contribution in [3.63, 3.8) is 0 Å². The molecular weight excluding hydrogens is 330 g/mol. The third kappa shape index (κ3) is 2.92. The molecule has 1 unspecified atom stereocenters. The van der Waals surface area contributed by atoms with Gasteiger partial charge in [-0.15, -0.1) is 0 Å². The van der Waals surface area contributed by atoms with Gasteiger partial charge in [-0.1, -0.05) is 0 Å². The number of nitrogens with zero attached hydrogens (tertiary/aromatic N) is 2. The van der Waals surface area contributed by atoms with Gasteiger partial charge < -0.3 is 14.8 Å². The molecule has 1 aromatic rings. The Morgan fingerprint density at radius 2 is 2.45 bits per heavy atom. The highest BCUT2D eigenvalue weighted by molar-refractivity contribution is 9.10. The molecule has 2 rings (SSSR count). The van der Waals surface area contributed by atoms with E-state index in [0.29, 0.717) is 35.6 Å². The summed E-state index contributed by atoms with van der Waals surface area (Å²) < 4.78 is 11.5. The van der Waals surface area contributed by atoms with Crippen LogP contribution in [0.25, 0.3) is 0 Å². The van der Waals surface area contributed by atoms with Crippen molar-refractivity contribution in [2.45, 2.75) is 18.9 Å². The van der Waals surface area contributed by atoms with Crippen LogP contribution in [0.1, 0.15) is 12.0 Å². The summed E-state index contributed by atoms with van der Waals surface area (Å²) in [6, 6.07) is 0. The monoisotopic (exact) mass is 345 g/mol. The summed E-state index contributed by atoms with van der Waals surface area (Å²) in [6.07, 6.45) is 2.06. The Morgan fingerprint density at radius 3 is 3.00 bits per heavy atom. The Kier molecular flexibility index (Phi) is 4.56. The van der Waals surface area contributed by atoms with Crippen molar-refractivity contribution in [2.75, 3.05) is 32.2 Å². The van der Waals surface area contributed by atoms with E-state index in [-0.39, 0.29) is 11.3 Å². The first-order chi connectivity index (χ1) is 9.49. The van der Waals surface area contributed by atoms with E-state index < -0.39 is 4.92 Å². The summed E-state index contributed by atoms with van der Waals surface area (Å²) in [4.78, 5) is 14.5. The molecule has 1 N–H and O–H groups in total. The maximum Gasteiger partial charge on any atom is 0.291 e. The number of ether oxygens (including phenoxy) is 2. The minimum absolute atomic E-state index is 0.00641. The van der Waals surface area contributed by atoms with Gasteiger partial charge in [-0.3, -0.25) is 10.1 Å².